The van der Waals surface area contributed by atoms with Gasteiger partial charge in [0.05, 0.1) is 24.4 Å². The summed E-state index contributed by atoms with van der Waals surface area (Å²) in [5, 5.41) is 13.0. The van der Waals surface area contributed by atoms with Crippen LogP contribution in [0.1, 0.15) is 5.69 Å². The number of nitrogens with one attached hydrogen (secondary N) is 1. The molecule has 0 fully saturated rings. The number of aryl methyl sites for hydroxylation is 3. The van der Waals surface area contributed by atoms with Gasteiger partial charge < -0.3 is 10.1 Å². The Morgan fingerprint density at radius 1 is 1.04 bits per heavy atom. The summed E-state index contributed by atoms with van der Waals surface area (Å²) < 4.78 is 8.95. The second-order valence-corrected chi connectivity index (χ2v) is 6.04. The van der Waals surface area contributed by atoms with Crippen LogP contribution in [0.25, 0.3) is 22.4 Å². The zero-order chi connectivity index (χ0) is 18.3. The van der Waals surface area contributed by atoms with Crippen molar-refractivity contribution in [3.05, 3.63) is 42.2 Å². The van der Waals surface area contributed by atoms with Crippen molar-refractivity contribution in [2.75, 3.05) is 12.4 Å². The number of ether oxygens (including phenoxy) is 1. The topological polar surface area (TPSA) is 82.7 Å². The van der Waals surface area contributed by atoms with Gasteiger partial charge in [0.1, 0.15) is 23.1 Å². The monoisotopic (exact) mass is 349 g/mol. The van der Waals surface area contributed by atoms with Crippen LogP contribution in [0.3, 0.4) is 0 Å². The first-order chi connectivity index (χ1) is 12.5. The highest BCUT2D eigenvalue weighted by Gasteiger charge is 2.13. The molecule has 0 atom stereocenters. The molecule has 0 radical (unpaired) electrons. The zero-order valence-corrected chi connectivity index (χ0v) is 15.1. The molecule has 0 saturated heterocycles. The van der Waals surface area contributed by atoms with Crippen LogP contribution in [0.4, 0.5) is 11.6 Å². The molecule has 0 bridgehead atoms. The Hall–Kier alpha value is -3.42. The van der Waals surface area contributed by atoms with E-state index in [1.54, 1.807) is 22.7 Å². The van der Waals surface area contributed by atoms with Crippen molar-refractivity contribution in [1.29, 1.82) is 0 Å². The number of pyridine rings is 2. The molecule has 4 aromatic rings. The number of nitrogens with zero attached hydrogens (tertiary/aromatic N) is 6. The molecular weight excluding hydrogens is 330 g/mol. The normalized spacial score (nSPS) is 11.1. The van der Waals surface area contributed by atoms with Gasteiger partial charge >= 0.3 is 0 Å². The number of anilines is 2. The molecule has 4 rings (SSSR count). The summed E-state index contributed by atoms with van der Waals surface area (Å²) in [5.74, 6) is 2.18. The smallest absolute Gasteiger partial charge is 0.163 e. The molecule has 0 unspecified atom stereocenters. The van der Waals surface area contributed by atoms with Crippen molar-refractivity contribution < 1.29 is 4.74 Å². The minimum absolute atomic E-state index is 0.657. The maximum Gasteiger partial charge on any atom is 0.163 e. The summed E-state index contributed by atoms with van der Waals surface area (Å²) in [6.45, 7) is 1.96. The Labute approximate surface area is 150 Å². The highest BCUT2D eigenvalue weighted by atomic mass is 16.5. The van der Waals surface area contributed by atoms with Gasteiger partial charge in [-0.2, -0.15) is 10.2 Å². The minimum Gasteiger partial charge on any atom is -0.496 e. The second-order valence-electron chi connectivity index (χ2n) is 6.04. The number of aromatic nitrogens is 6. The molecule has 4 aromatic heterocycles. The number of hydrogen-bond acceptors (Lipinski definition) is 6. The molecule has 0 aliphatic carbocycles. The molecular formula is C18H19N7O. The predicted octanol–water partition coefficient (Wildman–Crippen LogP) is 2.82. The van der Waals surface area contributed by atoms with Crippen molar-refractivity contribution in [2.45, 2.75) is 6.92 Å². The zero-order valence-electron chi connectivity index (χ0n) is 15.1. The maximum absolute atomic E-state index is 5.47. The van der Waals surface area contributed by atoms with E-state index in [1.807, 2.05) is 51.4 Å². The van der Waals surface area contributed by atoms with Gasteiger partial charge in [-0.15, -0.1) is 0 Å². The lowest BCUT2D eigenvalue weighted by Crippen LogP contribution is -2.02. The summed E-state index contributed by atoms with van der Waals surface area (Å²) in [5.41, 5.74) is 3.33. The largest absolute Gasteiger partial charge is 0.496 e. The van der Waals surface area contributed by atoms with Gasteiger partial charge in [-0.3, -0.25) is 14.3 Å². The summed E-state index contributed by atoms with van der Waals surface area (Å²) in [4.78, 5) is 9.16. The van der Waals surface area contributed by atoms with Gasteiger partial charge in [-0.05, 0) is 19.1 Å². The average molecular weight is 349 g/mol. The highest BCUT2D eigenvalue weighted by molar-refractivity contribution is 5.84. The molecule has 132 valence electrons. The third-order valence-electron chi connectivity index (χ3n) is 4.17. The molecule has 0 amide bonds. The lowest BCUT2D eigenvalue weighted by molar-refractivity contribution is 0.419. The number of fused-ring (bicyclic) bond motifs is 1. The summed E-state index contributed by atoms with van der Waals surface area (Å²) in [6, 6.07) is 9.68. The average Bonchev–Trinajstić information content (AvgIpc) is 3.18. The SMILES string of the molecule is COc1cc(Nc2cc(-c3cccc(C)n3)nn2C)nc2c1cnn2C. The first-order valence-electron chi connectivity index (χ1n) is 8.17. The van der Waals surface area contributed by atoms with E-state index in [-0.39, 0.29) is 0 Å². The van der Waals surface area contributed by atoms with Crippen LogP contribution >= 0.6 is 0 Å². The molecule has 0 aliphatic rings. The van der Waals surface area contributed by atoms with Crippen LogP contribution < -0.4 is 10.1 Å². The first kappa shape index (κ1) is 16.1. The van der Waals surface area contributed by atoms with Crippen LogP contribution in [0, 0.1) is 6.92 Å². The van der Waals surface area contributed by atoms with E-state index in [9.17, 15) is 0 Å². The molecule has 4 heterocycles. The van der Waals surface area contributed by atoms with E-state index in [0.717, 1.165) is 33.9 Å². The van der Waals surface area contributed by atoms with Crippen LogP contribution in [0.2, 0.25) is 0 Å². The van der Waals surface area contributed by atoms with Crippen LogP contribution in [-0.4, -0.2) is 36.6 Å². The predicted molar refractivity (Wildman–Crippen MR) is 99.5 cm³/mol. The minimum atomic E-state index is 0.657. The van der Waals surface area contributed by atoms with E-state index in [2.05, 4.69) is 25.5 Å². The molecule has 26 heavy (non-hydrogen) atoms. The van der Waals surface area contributed by atoms with E-state index >= 15 is 0 Å². The summed E-state index contributed by atoms with van der Waals surface area (Å²) >= 11 is 0. The van der Waals surface area contributed by atoms with E-state index in [1.165, 1.54) is 0 Å². The Morgan fingerprint density at radius 3 is 2.65 bits per heavy atom. The number of rotatable bonds is 4. The molecule has 1 N–H and O–H groups in total. The third kappa shape index (κ3) is 2.75. The molecule has 0 saturated carbocycles. The van der Waals surface area contributed by atoms with Crippen LogP contribution in [0.15, 0.2) is 36.5 Å². The fourth-order valence-corrected chi connectivity index (χ4v) is 2.85. The van der Waals surface area contributed by atoms with Gasteiger partial charge in [-0.1, -0.05) is 6.07 Å². The van der Waals surface area contributed by atoms with Gasteiger partial charge in [0.15, 0.2) is 5.65 Å². The summed E-state index contributed by atoms with van der Waals surface area (Å²) in [7, 11) is 5.36. The van der Waals surface area contributed by atoms with Crippen LogP contribution in [-0.2, 0) is 14.1 Å². The lowest BCUT2D eigenvalue weighted by Gasteiger charge is -2.08. The van der Waals surface area contributed by atoms with E-state index in [4.69, 9.17) is 4.74 Å². The third-order valence-corrected chi connectivity index (χ3v) is 4.17. The number of hydrogen-bond donors (Lipinski definition) is 1. The molecule has 8 heteroatoms. The van der Waals surface area contributed by atoms with Gasteiger partial charge in [0.2, 0.25) is 0 Å². The number of methoxy groups -OCH3 is 1. The van der Waals surface area contributed by atoms with Crippen molar-refractivity contribution in [3.63, 3.8) is 0 Å². The van der Waals surface area contributed by atoms with E-state index < -0.39 is 0 Å². The van der Waals surface area contributed by atoms with Crippen molar-refractivity contribution in [3.8, 4) is 17.1 Å². The Balaban J connectivity index is 1.72. The Bertz CT molecular complexity index is 1100. The second kappa shape index (κ2) is 6.14. The first-order valence-corrected chi connectivity index (χ1v) is 8.17. The Morgan fingerprint density at radius 2 is 1.88 bits per heavy atom. The van der Waals surface area contributed by atoms with Gasteiger partial charge in [0.25, 0.3) is 0 Å². The maximum atomic E-state index is 5.47. The lowest BCUT2D eigenvalue weighted by atomic mass is 10.2. The van der Waals surface area contributed by atoms with Gasteiger partial charge in [0, 0.05) is 31.9 Å². The molecule has 0 aromatic carbocycles. The fraction of sp³-hybridized carbons (Fsp3) is 0.222. The van der Waals surface area contributed by atoms with Crippen molar-refractivity contribution in [2.24, 2.45) is 14.1 Å². The van der Waals surface area contributed by atoms with Gasteiger partial charge in [-0.25, -0.2) is 4.98 Å². The van der Waals surface area contributed by atoms with Crippen LogP contribution in [0.5, 0.6) is 5.75 Å². The molecule has 8 nitrogen and oxygen atoms in total. The fourth-order valence-electron chi connectivity index (χ4n) is 2.85. The Kier molecular flexibility index (Phi) is 3.80. The standard InChI is InChI=1S/C18H19N7O/c1-11-6-5-7-13(20-11)14-8-17(24(2)23-14)21-16-9-15(26-4)12-10-19-25(3)18(12)22-16/h5-10H,1-4H3,(H,21,22). The molecule has 0 spiro atoms. The van der Waals surface area contributed by atoms with Crippen molar-refractivity contribution >= 4 is 22.7 Å². The van der Waals surface area contributed by atoms with E-state index in [0.29, 0.717) is 11.6 Å². The summed E-state index contributed by atoms with van der Waals surface area (Å²) in [6.07, 6.45) is 1.75. The molecule has 0 aliphatic heterocycles. The quantitative estimate of drug-likeness (QED) is 0.610. The van der Waals surface area contributed by atoms with Crippen molar-refractivity contribution in [1.82, 2.24) is 29.5 Å². The highest BCUT2D eigenvalue weighted by Crippen LogP contribution is 2.29.